The van der Waals surface area contributed by atoms with E-state index < -0.39 is 0 Å². The molecule has 120 valence electrons. The Bertz CT molecular complexity index is 422. The molecule has 1 saturated heterocycles. The zero-order chi connectivity index (χ0) is 15.3. The van der Waals surface area contributed by atoms with Crippen LogP contribution in [0.3, 0.4) is 0 Å². The molecule has 1 fully saturated rings. The van der Waals surface area contributed by atoms with Gasteiger partial charge in [-0.15, -0.1) is 11.3 Å². The molecular weight excluding hydrogens is 344 g/mol. The number of nitrogens with one attached hydrogen (secondary N) is 1. The molecule has 1 aliphatic heterocycles. The standard InChI is InChI=1S/C17H29BrN2S/c1-4-17(5-2,20-9-7-8-10-20)16(19-6-3)12-15-11-14(18)13-21-15/h11,13,16,19H,4-10,12H2,1-3H3. The van der Waals surface area contributed by atoms with Gasteiger partial charge in [0, 0.05) is 26.3 Å². The molecule has 1 N–H and O–H groups in total. The highest BCUT2D eigenvalue weighted by atomic mass is 79.9. The molecule has 2 heterocycles. The van der Waals surface area contributed by atoms with Crippen LogP contribution in [-0.4, -0.2) is 36.1 Å². The van der Waals surface area contributed by atoms with E-state index >= 15 is 0 Å². The summed E-state index contributed by atoms with van der Waals surface area (Å²) in [6.45, 7) is 10.6. The maximum atomic E-state index is 3.81. The van der Waals surface area contributed by atoms with Crippen LogP contribution in [0.4, 0.5) is 0 Å². The van der Waals surface area contributed by atoms with Gasteiger partial charge < -0.3 is 5.32 Å². The van der Waals surface area contributed by atoms with Gasteiger partial charge in [0.15, 0.2) is 0 Å². The highest BCUT2D eigenvalue weighted by Crippen LogP contribution is 2.34. The van der Waals surface area contributed by atoms with Gasteiger partial charge in [-0.3, -0.25) is 4.90 Å². The predicted octanol–water partition coefficient (Wildman–Crippen LogP) is 4.69. The van der Waals surface area contributed by atoms with E-state index in [1.165, 1.54) is 48.1 Å². The third-order valence-electron chi connectivity index (χ3n) is 5.09. The summed E-state index contributed by atoms with van der Waals surface area (Å²) in [5, 5.41) is 6.01. The number of hydrogen-bond acceptors (Lipinski definition) is 3. The van der Waals surface area contributed by atoms with Gasteiger partial charge in [0.25, 0.3) is 0 Å². The minimum Gasteiger partial charge on any atom is -0.312 e. The number of likely N-dealkylation sites (N-methyl/N-ethyl adjacent to an activating group) is 1. The fraction of sp³-hybridized carbons (Fsp3) is 0.765. The molecule has 1 atom stereocenters. The van der Waals surface area contributed by atoms with Gasteiger partial charge in [0.1, 0.15) is 0 Å². The molecule has 4 heteroatoms. The smallest absolute Gasteiger partial charge is 0.0360 e. The SMILES string of the molecule is CCNC(Cc1cc(Br)cs1)C(CC)(CC)N1CCCC1. The van der Waals surface area contributed by atoms with E-state index in [0.29, 0.717) is 11.6 Å². The Hall–Kier alpha value is 0.1000. The maximum Gasteiger partial charge on any atom is 0.0360 e. The van der Waals surface area contributed by atoms with Crippen LogP contribution >= 0.6 is 27.3 Å². The molecule has 21 heavy (non-hydrogen) atoms. The minimum atomic E-state index is 0.309. The number of halogens is 1. The van der Waals surface area contributed by atoms with Crippen molar-refractivity contribution in [3.8, 4) is 0 Å². The van der Waals surface area contributed by atoms with Gasteiger partial charge in [0.2, 0.25) is 0 Å². The van der Waals surface area contributed by atoms with Crippen molar-refractivity contribution in [1.29, 1.82) is 0 Å². The minimum absolute atomic E-state index is 0.309. The normalized spacial score (nSPS) is 18.3. The molecule has 0 spiro atoms. The van der Waals surface area contributed by atoms with Crippen LogP contribution in [0.1, 0.15) is 51.3 Å². The Morgan fingerprint density at radius 1 is 1.29 bits per heavy atom. The van der Waals surface area contributed by atoms with Crippen molar-refractivity contribution in [2.24, 2.45) is 0 Å². The zero-order valence-electron chi connectivity index (χ0n) is 13.6. The van der Waals surface area contributed by atoms with Crippen molar-refractivity contribution < 1.29 is 0 Å². The number of thiophene rings is 1. The molecule has 0 amide bonds. The van der Waals surface area contributed by atoms with Crippen molar-refractivity contribution >= 4 is 27.3 Å². The molecule has 1 aliphatic rings. The van der Waals surface area contributed by atoms with Crippen molar-refractivity contribution in [2.45, 2.75) is 64.5 Å². The second-order valence-corrected chi connectivity index (χ2v) is 7.96. The summed E-state index contributed by atoms with van der Waals surface area (Å²) in [7, 11) is 0. The van der Waals surface area contributed by atoms with Crippen molar-refractivity contribution in [3.63, 3.8) is 0 Å². The Morgan fingerprint density at radius 2 is 1.95 bits per heavy atom. The molecule has 2 nitrogen and oxygen atoms in total. The van der Waals surface area contributed by atoms with Gasteiger partial charge in [-0.05, 0) is 73.7 Å². The first-order valence-corrected chi connectivity index (χ1v) is 10.0. The topological polar surface area (TPSA) is 15.3 Å². The van der Waals surface area contributed by atoms with Crippen LogP contribution in [0.15, 0.2) is 15.9 Å². The van der Waals surface area contributed by atoms with Crippen molar-refractivity contribution in [3.05, 3.63) is 20.8 Å². The lowest BCUT2D eigenvalue weighted by Crippen LogP contribution is -2.60. The number of nitrogens with zero attached hydrogens (tertiary/aromatic N) is 1. The number of likely N-dealkylation sites (tertiary alicyclic amines) is 1. The van der Waals surface area contributed by atoms with Crippen molar-refractivity contribution in [1.82, 2.24) is 10.2 Å². The summed E-state index contributed by atoms with van der Waals surface area (Å²) in [6, 6.07) is 2.83. The molecular formula is C17H29BrN2S. The molecule has 1 unspecified atom stereocenters. The van der Waals surface area contributed by atoms with Gasteiger partial charge in [-0.2, -0.15) is 0 Å². The Balaban J connectivity index is 2.22. The monoisotopic (exact) mass is 372 g/mol. The summed E-state index contributed by atoms with van der Waals surface area (Å²) >= 11 is 5.47. The van der Waals surface area contributed by atoms with Crippen LogP contribution < -0.4 is 5.32 Å². The fourth-order valence-electron chi connectivity index (χ4n) is 3.93. The maximum absolute atomic E-state index is 3.81. The first kappa shape index (κ1) is 17.5. The predicted molar refractivity (Wildman–Crippen MR) is 97.3 cm³/mol. The van der Waals surface area contributed by atoms with E-state index in [1.807, 2.05) is 11.3 Å². The molecule has 0 saturated carbocycles. The Morgan fingerprint density at radius 3 is 2.43 bits per heavy atom. The van der Waals surface area contributed by atoms with Crippen LogP contribution in [0.2, 0.25) is 0 Å². The third kappa shape index (κ3) is 3.90. The summed E-state index contributed by atoms with van der Waals surface area (Å²) in [4.78, 5) is 4.25. The number of hydrogen-bond donors (Lipinski definition) is 1. The molecule has 1 aromatic heterocycles. The van der Waals surface area contributed by atoms with E-state index in [1.54, 1.807) is 0 Å². The largest absolute Gasteiger partial charge is 0.312 e. The highest BCUT2D eigenvalue weighted by molar-refractivity contribution is 9.10. The van der Waals surface area contributed by atoms with E-state index in [-0.39, 0.29) is 0 Å². The van der Waals surface area contributed by atoms with Crippen LogP contribution in [-0.2, 0) is 6.42 Å². The summed E-state index contributed by atoms with van der Waals surface area (Å²) in [5.74, 6) is 0. The summed E-state index contributed by atoms with van der Waals surface area (Å²) in [6.07, 6.45) is 6.33. The van der Waals surface area contributed by atoms with E-state index in [2.05, 4.69) is 58.4 Å². The first-order valence-electron chi connectivity index (χ1n) is 8.37. The molecule has 1 aromatic rings. The lowest BCUT2D eigenvalue weighted by Gasteiger charge is -2.47. The Kier molecular flexibility index (Phi) is 6.73. The average molecular weight is 373 g/mol. The average Bonchev–Trinajstić information content (AvgIpc) is 3.13. The second-order valence-electron chi connectivity index (χ2n) is 6.05. The summed E-state index contributed by atoms with van der Waals surface area (Å²) < 4.78 is 1.22. The quantitative estimate of drug-likeness (QED) is 0.711. The van der Waals surface area contributed by atoms with Crippen LogP contribution in [0.5, 0.6) is 0 Å². The molecule has 2 rings (SSSR count). The van der Waals surface area contributed by atoms with Gasteiger partial charge in [-0.25, -0.2) is 0 Å². The van der Waals surface area contributed by atoms with Crippen LogP contribution in [0, 0.1) is 0 Å². The van der Waals surface area contributed by atoms with E-state index in [0.717, 1.165) is 13.0 Å². The lowest BCUT2D eigenvalue weighted by molar-refractivity contribution is 0.0629. The van der Waals surface area contributed by atoms with Gasteiger partial charge in [0.05, 0.1) is 0 Å². The highest BCUT2D eigenvalue weighted by Gasteiger charge is 2.41. The van der Waals surface area contributed by atoms with Crippen molar-refractivity contribution in [2.75, 3.05) is 19.6 Å². The summed E-state index contributed by atoms with van der Waals surface area (Å²) in [5.41, 5.74) is 0.309. The van der Waals surface area contributed by atoms with E-state index in [4.69, 9.17) is 0 Å². The first-order chi connectivity index (χ1) is 10.2. The third-order valence-corrected chi connectivity index (χ3v) is 6.81. The van der Waals surface area contributed by atoms with Gasteiger partial charge >= 0.3 is 0 Å². The van der Waals surface area contributed by atoms with Gasteiger partial charge in [-0.1, -0.05) is 20.8 Å². The molecule has 0 aliphatic carbocycles. The Labute approximate surface area is 142 Å². The molecule has 0 aromatic carbocycles. The lowest BCUT2D eigenvalue weighted by atomic mass is 9.80. The second kappa shape index (κ2) is 8.09. The number of rotatable bonds is 8. The fourth-order valence-corrected chi connectivity index (χ4v) is 5.43. The molecule has 0 radical (unpaired) electrons. The zero-order valence-corrected chi connectivity index (χ0v) is 16.0. The molecule has 0 bridgehead atoms. The van der Waals surface area contributed by atoms with E-state index in [9.17, 15) is 0 Å². The van der Waals surface area contributed by atoms with Crippen LogP contribution in [0.25, 0.3) is 0 Å².